The second-order valence-electron chi connectivity index (χ2n) is 6.47. The van der Waals surface area contributed by atoms with Crippen molar-refractivity contribution >= 4 is 22.3 Å². The van der Waals surface area contributed by atoms with Gasteiger partial charge in [-0.25, -0.2) is 10.3 Å². The molecule has 12 heteroatoms. The van der Waals surface area contributed by atoms with E-state index in [0.29, 0.717) is 31.1 Å². The van der Waals surface area contributed by atoms with Crippen LogP contribution >= 0.6 is 0 Å². The number of hydroxylamine groups is 3. The predicted octanol–water partition coefficient (Wildman–Crippen LogP) is 0.0999. The van der Waals surface area contributed by atoms with Crippen LogP contribution in [0, 0.1) is 5.92 Å². The summed E-state index contributed by atoms with van der Waals surface area (Å²) in [5.74, 6) is -0.406. The van der Waals surface area contributed by atoms with Gasteiger partial charge in [0.2, 0.25) is 0 Å². The fourth-order valence-corrected chi connectivity index (χ4v) is 3.29. The summed E-state index contributed by atoms with van der Waals surface area (Å²) >= 11 is 0. The summed E-state index contributed by atoms with van der Waals surface area (Å²) in [5, 5.41) is 0.594. The highest BCUT2D eigenvalue weighted by Gasteiger charge is 2.49. The van der Waals surface area contributed by atoms with E-state index in [0.717, 1.165) is 6.42 Å². The lowest BCUT2D eigenvalue weighted by atomic mass is 10.0. The number of amides is 3. The fourth-order valence-electron chi connectivity index (χ4n) is 2.90. The molecule has 0 saturated carbocycles. The molecule has 2 aliphatic heterocycles. The van der Waals surface area contributed by atoms with Crippen molar-refractivity contribution in [2.75, 3.05) is 26.4 Å². The van der Waals surface area contributed by atoms with Crippen LogP contribution in [-0.4, -0.2) is 73.3 Å². The van der Waals surface area contributed by atoms with Crippen molar-refractivity contribution in [3.63, 3.8) is 0 Å². The third-order valence-corrected chi connectivity index (χ3v) is 4.44. The number of piperidine rings is 1. The van der Waals surface area contributed by atoms with E-state index in [1.165, 1.54) is 4.90 Å². The lowest BCUT2D eigenvalue weighted by Crippen LogP contribution is -2.50. The lowest BCUT2D eigenvalue weighted by Gasteiger charge is -2.29. The van der Waals surface area contributed by atoms with Crippen molar-refractivity contribution in [2.45, 2.75) is 45.2 Å². The largest absolute Gasteiger partial charge is 0.418 e. The number of ether oxygens (including phenoxy) is 1. The maximum Gasteiger partial charge on any atom is 0.418 e. The Balaban J connectivity index is 1.81. The summed E-state index contributed by atoms with van der Waals surface area (Å²) in [6, 6.07) is -2.11. The Bertz CT molecular complexity index is 613. The van der Waals surface area contributed by atoms with Gasteiger partial charge in [0.05, 0.1) is 19.3 Å². The van der Waals surface area contributed by atoms with E-state index >= 15 is 0 Å². The lowest BCUT2D eigenvalue weighted by molar-refractivity contribution is -0.140. The minimum atomic E-state index is -4.81. The first-order valence-electron chi connectivity index (χ1n) is 8.49. The highest BCUT2D eigenvalue weighted by atomic mass is 32.3. The van der Waals surface area contributed by atoms with Gasteiger partial charge >= 0.3 is 16.4 Å². The van der Waals surface area contributed by atoms with E-state index in [4.69, 9.17) is 14.1 Å². The van der Waals surface area contributed by atoms with Crippen LogP contribution in [0.2, 0.25) is 0 Å². The molecule has 0 aromatic rings. The molecule has 2 N–H and O–H groups in total. The number of hydrogen-bond donors (Lipinski definition) is 2. The standard InChI is InChI=1S/C14H25N3O8S/c1-3-6-23-8-10(2)9-24-15-13(18)12-5-4-11-7-16(12)14(19)17(11)25-26(20,21)22/h10-12H,3-9H2,1-2H3,(H,15,18)(H,20,21,22)/t10?,11-,12+/m1/s1. The molecule has 3 atom stereocenters. The molecule has 0 aromatic carbocycles. The van der Waals surface area contributed by atoms with Crippen molar-refractivity contribution < 1.29 is 36.4 Å². The molecule has 2 saturated heterocycles. The first-order chi connectivity index (χ1) is 12.2. The molecule has 1 unspecified atom stereocenters. The molecular weight excluding hydrogens is 370 g/mol. The fraction of sp³-hybridized carbons (Fsp3) is 0.857. The molecule has 0 aliphatic carbocycles. The molecule has 26 heavy (non-hydrogen) atoms. The van der Waals surface area contributed by atoms with Gasteiger partial charge in [0, 0.05) is 19.1 Å². The molecule has 2 fully saturated rings. The van der Waals surface area contributed by atoms with E-state index in [9.17, 15) is 18.0 Å². The molecule has 0 aromatic heterocycles. The number of fused-ring (bicyclic) bond motifs is 2. The molecule has 150 valence electrons. The van der Waals surface area contributed by atoms with E-state index < -0.39 is 34.4 Å². The number of hydrogen-bond acceptors (Lipinski definition) is 7. The monoisotopic (exact) mass is 395 g/mol. The van der Waals surface area contributed by atoms with Gasteiger partial charge in [-0.15, -0.1) is 4.28 Å². The first kappa shape index (κ1) is 20.8. The Morgan fingerprint density at radius 1 is 1.38 bits per heavy atom. The van der Waals surface area contributed by atoms with Crippen LogP contribution in [0.4, 0.5) is 4.79 Å². The van der Waals surface area contributed by atoms with E-state index in [2.05, 4.69) is 9.76 Å². The third-order valence-electron chi connectivity index (χ3n) is 4.09. The van der Waals surface area contributed by atoms with Gasteiger partial charge in [0.1, 0.15) is 6.04 Å². The Kier molecular flexibility index (Phi) is 7.17. The smallest absolute Gasteiger partial charge is 0.381 e. The van der Waals surface area contributed by atoms with Crippen LogP contribution in [0.3, 0.4) is 0 Å². The van der Waals surface area contributed by atoms with Gasteiger partial charge in [-0.3, -0.25) is 14.2 Å². The zero-order chi connectivity index (χ0) is 19.3. The van der Waals surface area contributed by atoms with Gasteiger partial charge in [0.25, 0.3) is 5.91 Å². The summed E-state index contributed by atoms with van der Waals surface area (Å²) in [4.78, 5) is 30.9. The van der Waals surface area contributed by atoms with Crippen molar-refractivity contribution in [3.8, 4) is 0 Å². The Morgan fingerprint density at radius 3 is 2.77 bits per heavy atom. The van der Waals surface area contributed by atoms with Crippen LogP contribution < -0.4 is 5.48 Å². The Hall–Kier alpha value is -1.47. The number of carbonyl (C=O) groups is 2. The van der Waals surface area contributed by atoms with E-state index in [1.807, 2.05) is 13.8 Å². The van der Waals surface area contributed by atoms with Crippen LogP contribution in [0.15, 0.2) is 0 Å². The Morgan fingerprint density at radius 2 is 2.12 bits per heavy atom. The number of urea groups is 1. The molecule has 3 amide bonds. The normalized spacial score (nSPS) is 24.0. The number of nitrogens with one attached hydrogen (secondary N) is 1. The van der Waals surface area contributed by atoms with Gasteiger partial charge in [-0.05, 0) is 19.3 Å². The second kappa shape index (κ2) is 8.95. The SMILES string of the molecule is CCCOCC(C)CONC(=O)[C@@H]1CC[C@@H]2CN1C(=O)N2OS(=O)(=O)O. The Labute approximate surface area is 152 Å². The zero-order valence-electron chi connectivity index (χ0n) is 14.8. The molecule has 2 heterocycles. The van der Waals surface area contributed by atoms with Gasteiger partial charge in [0.15, 0.2) is 0 Å². The zero-order valence-corrected chi connectivity index (χ0v) is 15.6. The van der Waals surface area contributed by atoms with Gasteiger partial charge in [-0.2, -0.15) is 13.5 Å². The average molecular weight is 395 g/mol. The van der Waals surface area contributed by atoms with E-state index in [-0.39, 0.29) is 19.1 Å². The highest BCUT2D eigenvalue weighted by molar-refractivity contribution is 7.80. The highest BCUT2D eigenvalue weighted by Crippen LogP contribution is 2.30. The van der Waals surface area contributed by atoms with Crippen molar-refractivity contribution in [3.05, 3.63) is 0 Å². The van der Waals surface area contributed by atoms with Gasteiger partial charge < -0.3 is 9.64 Å². The quantitative estimate of drug-likeness (QED) is 0.302. The van der Waals surface area contributed by atoms with Crippen molar-refractivity contribution in [2.24, 2.45) is 5.92 Å². The van der Waals surface area contributed by atoms with Crippen LogP contribution in [0.5, 0.6) is 0 Å². The molecule has 0 radical (unpaired) electrons. The van der Waals surface area contributed by atoms with Gasteiger partial charge in [-0.1, -0.05) is 13.8 Å². The minimum absolute atomic E-state index is 0.0876. The first-order valence-corrected chi connectivity index (χ1v) is 9.85. The summed E-state index contributed by atoms with van der Waals surface area (Å²) in [6.45, 7) is 5.50. The topological polar surface area (TPSA) is 135 Å². The minimum Gasteiger partial charge on any atom is -0.381 e. The molecule has 0 spiro atoms. The molecule has 11 nitrogen and oxygen atoms in total. The predicted molar refractivity (Wildman–Crippen MR) is 87.8 cm³/mol. The maximum atomic E-state index is 12.3. The molecule has 2 aliphatic rings. The maximum absolute atomic E-state index is 12.3. The van der Waals surface area contributed by atoms with Crippen LogP contribution in [0.25, 0.3) is 0 Å². The summed E-state index contributed by atoms with van der Waals surface area (Å²) < 4.78 is 40.2. The molecular formula is C14H25N3O8S. The van der Waals surface area contributed by atoms with Crippen molar-refractivity contribution in [1.82, 2.24) is 15.4 Å². The molecule has 2 bridgehead atoms. The van der Waals surface area contributed by atoms with Crippen LogP contribution in [0.1, 0.15) is 33.1 Å². The molecule has 2 rings (SSSR count). The van der Waals surface area contributed by atoms with Crippen molar-refractivity contribution in [1.29, 1.82) is 0 Å². The summed E-state index contributed by atoms with van der Waals surface area (Å²) in [7, 11) is -4.81. The summed E-state index contributed by atoms with van der Waals surface area (Å²) in [5.41, 5.74) is 2.32. The number of rotatable bonds is 10. The average Bonchev–Trinajstić information content (AvgIpc) is 2.79. The van der Waals surface area contributed by atoms with Crippen LogP contribution in [-0.2, 0) is 29.1 Å². The van der Waals surface area contributed by atoms with E-state index in [1.54, 1.807) is 0 Å². The number of nitrogens with zero attached hydrogens (tertiary/aromatic N) is 2. The third kappa shape index (κ3) is 5.51. The number of carbonyl (C=O) groups excluding carboxylic acids is 2. The second-order valence-corrected chi connectivity index (χ2v) is 7.47. The summed E-state index contributed by atoms with van der Waals surface area (Å²) in [6.07, 6.45) is 1.61.